The fourth-order valence-electron chi connectivity index (χ4n) is 3.11. The van der Waals surface area contributed by atoms with E-state index in [0.29, 0.717) is 18.9 Å². The van der Waals surface area contributed by atoms with Crippen molar-refractivity contribution in [3.8, 4) is 17.2 Å². The van der Waals surface area contributed by atoms with E-state index >= 15 is 0 Å². The van der Waals surface area contributed by atoms with Crippen molar-refractivity contribution in [1.82, 2.24) is 10.6 Å². The summed E-state index contributed by atoms with van der Waals surface area (Å²) in [5.74, 6) is 2.24. The van der Waals surface area contributed by atoms with Crippen LogP contribution >= 0.6 is 0 Å². The molecule has 1 amide bonds. The van der Waals surface area contributed by atoms with Gasteiger partial charge in [0.25, 0.3) is 0 Å². The second kappa shape index (κ2) is 12.1. The van der Waals surface area contributed by atoms with E-state index in [2.05, 4.69) is 17.6 Å². The molecule has 0 saturated heterocycles. The highest BCUT2D eigenvalue weighted by Crippen LogP contribution is 2.30. The number of carbonyl (C=O) groups excluding carboxylic acids is 1. The van der Waals surface area contributed by atoms with Crippen LogP contribution in [0.15, 0.2) is 42.5 Å². The van der Waals surface area contributed by atoms with Crippen LogP contribution in [0.5, 0.6) is 17.2 Å². The predicted octanol–water partition coefficient (Wildman–Crippen LogP) is 3.89. The predicted molar refractivity (Wildman–Crippen MR) is 120 cm³/mol. The number of ether oxygens (including phenoxy) is 3. The minimum atomic E-state index is -0.321. The van der Waals surface area contributed by atoms with Crippen molar-refractivity contribution in [3.05, 3.63) is 53.6 Å². The second-order valence-electron chi connectivity index (χ2n) is 7.26. The summed E-state index contributed by atoms with van der Waals surface area (Å²) >= 11 is 0. The summed E-state index contributed by atoms with van der Waals surface area (Å²) in [6.07, 6.45) is 1.71. The Morgan fingerprint density at radius 1 is 1.00 bits per heavy atom. The Bertz CT molecular complexity index is 792. The Kier molecular flexibility index (Phi) is 9.48. The molecule has 2 rings (SSSR count). The Hall–Kier alpha value is -2.73. The summed E-state index contributed by atoms with van der Waals surface area (Å²) < 4.78 is 16.3. The molecule has 6 heteroatoms. The molecule has 30 heavy (non-hydrogen) atoms. The Morgan fingerprint density at radius 2 is 1.73 bits per heavy atom. The largest absolute Gasteiger partial charge is 0.497 e. The van der Waals surface area contributed by atoms with Crippen LogP contribution in [0, 0.1) is 0 Å². The third-order valence-corrected chi connectivity index (χ3v) is 4.91. The summed E-state index contributed by atoms with van der Waals surface area (Å²) in [5.41, 5.74) is 2.19. The zero-order valence-corrected chi connectivity index (χ0v) is 18.7. The number of amides is 1. The van der Waals surface area contributed by atoms with Gasteiger partial charge in [-0.15, -0.1) is 0 Å². The lowest BCUT2D eigenvalue weighted by molar-refractivity contribution is -0.122. The van der Waals surface area contributed by atoms with E-state index in [-0.39, 0.29) is 18.0 Å². The van der Waals surface area contributed by atoms with Gasteiger partial charge >= 0.3 is 0 Å². The highest BCUT2D eigenvalue weighted by atomic mass is 16.5. The molecule has 6 nitrogen and oxygen atoms in total. The van der Waals surface area contributed by atoms with Gasteiger partial charge in [0, 0.05) is 12.6 Å². The molecule has 0 aliphatic heterocycles. The lowest BCUT2D eigenvalue weighted by Gasteiger charge is -2.21. The average molecular weight is 415 g/mol. The van der Waals surface area contributed by atoms with E-state index in [9.17, 15) is 4.79 Å². The molecule has 164 valence electrons. The first-order valence-corrected chi connectivity index (χ1v) is 10.5. The molecule has 0 fully saturated rings. The van der Waals surface area contributed by atoms with Gasteiger partial charge in [0.1, 0.15) is 5.75 Å². The van der Waals surface area contributed by atoms with E-state index in [0.717, 1.165) is 35.5 Å². The van der Waals surface area contributed by atoms with E-state index in [1.165, 1.54) is 0 Å². The standard InChI is InChI=1S/C24H34N2O4/c1-6-15-30-22-12-9-20(16-23(22)29-5)17(2)26-18(3)24(27)25-14-13-19-7-10-21(28-4)11-8-19/h7-12,16-18,26H,6,13-15H2,1-5H3,(H,25,27). The molecule has 0 bridgehead atoms. The smallest absolute Gasteiger partial charge is 0.236 e. The molecular weight excluding hydrogens is 380 g/mol. The van der Waals surface area contributed by atoms with Crippen molar-refractivity contribution in [2.24, 2.45) is 0 Å². The Morgan fingerprint density at radius 3 is 2.37 bits per heavy atom. The quantitative estimate of drug-likeness (QED) is 0.551. The molecule has 0 saturated carbocycles. The molecule has 2 atom stereocenters. The topological polar surface area (TPSA) is 68.8 Å². The number of rotatable bonds is 12. The Balaban J connectivity index is 1.84. The Labute approximate surface area is 179 Å². The number of hydrogen-bond acceptors (Lipinski definition) is 5. The molecule has 2 aromatic rings. The van der Waals surface area contributed by atoms with Gasteiger partial charge in [-0.25, -0.2) is 0 Å². The van der Waals surface area contributed by atoms with Gasteiger partial charge in [0.2, 0.25) is 5.91 Å². The molecule has 2 unspecified atom stereocenters. The third-order valence-electron chi connectivity index (χ3n) is 4.91. The monoisotopic (exact) mass is 414 g/mol. The van der Waals surface area contributed by atoms with Gasteiger partial charge in [-0.05, 0) is 62.1 Å². The first-order valence-electron chi connectivity index (χ1n) is 10.5. The van der Waals surface area contributed by atoms with Crippen LogP contribution in [-0.2, 0) is 11.2 Å². The van der Waals surface area contributed by atoms with Crippen LogP contribution in [-0.4, -0.2) is 39.3 Å². The minimum Gasteiger partial charge on any atom is -0.497 e. The van der Waals surface area contributed by atoms with Gasteiger partial charge in [-0.3, -0.25) is 10.1 Å². The average Bonchev–Trinajstić information content (AvgIpc) is 2.77. The number of hydrogen-bond donors (Lipinski definition) is 2. The van der Waals surface area contributed by atoms with Crippen molar-refractivity contribution in [1.29, 1.82) is 0 Å². The molecule has 0 radical (unpaired) electrons. The summed E-state index contributed by atoms with van der Waals surface area (Å²) in [6, 6.07) is 13.4. The normalized spacial score (nSPS) is 12.7. The zero-order valence-electron chi connectivity index (χ0n) is 18.7. The van der Waals surface area contributed by atoms with Gasteiger partial charge in [0.05, 0.1) is 26.9 Å². The van der Waals surface area contributed by atoms with Crippen molar-refractivity contribution in [3.63, 3.8) is 0 Å². The molecule has 0 aliphatic rings. The van der Waals surface area contributed by atoms with Gasteiger partial charge in [0.15, 0.2) is 11.5 Å². The molecular formula is C24H34N2O4. The van der Waals surface area contributed by atoms with Gasteiger partial charge < -0.3 is 19.5 Å². The van der Waals surface area contributed by atoms with E-state index in [1.807, 2.05) is 56.3 Å². The van der Waals surface area contributed by atoms with E-state index in [1.54, 1.807) is 14.2 Å². The van der Waals surface area contributed by atoms with Crippen LogP contribution in [0.2, 0.25) is 0 Å². The molecule has 0 heterocycles. The summed E-state index contributed by atoms with van der Waals surface area (Å²) in [4.78, 5) is 12.5. The van der Waals surface area contributed by atoms with Crippen LogP contribution in [0.3, 0.4) is 0 Å². The first-order chi connectivity index (χ1) is 14.5. The van der Waals surface area contributed by atoms with Gasteiger partial charge in [-0.1, -0.05) is 25.1 Å². The van der Waals surface area contributed by atoms with Crippen molar-refractivity contribution in [2.45, 2.75) is 45.7 Å². The fourth-order valence-corrected chi connectivity index (χ4v) is 3.11. The van der Waals surface area contributed by atoms with Gasteiger partial charge in [-0.2, -0.15) is 0 Å². The summed E-state index contributed by atoms with van der Waals surface area (Å²) in [5, 5.41) is 6.34. The highest BCUT2D eigenvalue weighted by molar-refractivity contribution is 5.81. The fraction of sp³-hybridized carbons (Fsp3) is 0.458. The lowest BCUT2D eigenvalue weighted by Crippen LogP contribution is -2.43. The van der Waals surface area contributed by atoms with Crippen molar-refractivity contribution >= 4 is 5.91 Å². The third kappa shape index (κ3) is 6.95. The maximum Gasteiger partial charge on any atom is 0.236 e. The number of carbonyl (C=O) groups is 1. The van der Waals surface area contributed by atoms with Crippen molar-refractivity contribution < 1.29 is 19.0 Å². The maximum absolute atomic E-state index is 12.5. The second-order valence-corrected chi connectivity index (χ2v) is 7.26. The van der Waals surface area contributed by atoms with E-state index in [4.69, 9.17) is 14.2 Å². The number of nitrogens with one attached hydrogen (secondary N) is 2. The summed E-state index contributed by atoms with van der Waals surface area (Å²) in [6.45, 7) is 7.20. The number of methoxy groups -OCH3 is 2. The number of benzene rings is 2. The minimum absolute atomic E-state index is 0.0125. The zero-order chi connectivity index (χ0) is 21.9. The first kappa shape index (κ1) is 23.5. The van der Waals surface area contributed by atoms with Crippen LogP contribution in [0.4, 0.5) is 0 Å². The molecule has 0 spiro atoms. The molecule has 2 aromatic carbocycles. The van der Waals surface area contributed by atoms with Crippen molar-refractivity contribution in [2.75, 3.05) is 27.4 Å². The van der Waals surface area contributed by atoms with Crippen LogP contribution in [0.25, 0.3) is 0 Å². The molecule has 2 N–H and O–H groups in total. The van der Waals surface area contributed by atoms with Crippen LogP contribution < -0.4 is 24.8 Å². The highest BCUT2D eigenvalue weighted by Gasteiger charge is 2.17. The maximum atomic E-state index is 12.5. The van der Waals surface area contributed by atoms with E-state index < -0.39 is 0 Å². The SMILES string of the molecule is CCCOc1ccc(C(C)NC(C)C(=O)NCCc2ccc(OC)cc2)cc1OC. The summed E-state index contributed by atoms with van der Waals surface area (Å²) in [7, 11) is 3.28. The lowest BCUT2D eigenvalue weighted by atomic mass is 10.1. The molecule has 0 aromatic heterocycles. The van der Waals surface area contributed by atoms with Crippen LogP contribution in [0.1, 0.15) is 44.4 Å². The molecule has 0 aliphatic carbocycles.